The highest BCUT2D eigenvalue weighted by Gasteiger charge is 2.77. The zero-order valence-corrected chi connectivity index (χ0v) is 16.0. The first-order chi connectivity index (χ1) is 11.9. The average molecular weight is 347 g/mol. The van der Waals surface area contributed by atoms with Gasteiger partial charge in [-0.2, -0.15) is 0 Å². The summed E-state index contributed by atoms with van der Waals surface area (Å²) >= 11 is 0. The summed E-state index contributed by atoms with van der Waals surface area (Å²) in [7, 11) is 0. The Balaban J connectivity index is 1.43. The lowest BCUT2D eigenvalue weighted by Crippen LogP contribution is -2.58. The number of likely N-dealkylation sites (tertiary alicyclic amines) is 1. The number of piperidine rings is 1. The summed E-state index contributed by atoms with van der Waals surface area (Å²) < 4.78 is 12.5. The second-order valence-electron chi connectivity index (χ2n) is 10.0. The molecular formula is C21H33NO3. The zero-order valence-electron chi connectivity index (χ0n) is 16.0. The molecule has 3 aliphatic heterocycles. The van der Waals surface area contributed by atoms with Gasteiger partial charge >= 0.3 is 5.97 Å². The van der Waals surface area contributed by atoms with E-state index in [2.05, 4.69) is 25.7 Å². The minimum Gasteiger partial charge on any atom is -0.455 e. The number of nitrogens with zero attached hydrogens (tertiary/aromatic N) is 1. The number of esters is 1. The number of rotatable bonds is 2. The van der Waals surface area contributed by atoms with Crippen molar-refractivity contribution >= 4 is 5.97 Å². The second-order valence-corrected chi connectivity index (χ2v) is 10.0. The van der Waals surface area contributed by atoms with Gasteiger partial charge < -0.3 is 14.4 Å². The van der Waals surface area contributed by atoms with Crippen LogP contribution in [0.2, 0.25) is 0 Å². The molecule has 5 aliphatic rings. The van der Waals surface area contributed by atoms with Crippen LogP contribution in [-0.4, -0.2) is 47.8 Å². The van der Waals surface area contributed by atoms with Crippen molar-refractivity contribution in [2.24, 2.45) is 29.6 Å². The monoisotopic (exact) mass is 347 g/mol. The van der Waals surface area contributed by atoms with Gasteiger partial charge in [0.1, 0.15) is 11.7 Å². The van der Waals surface area contributed by atoms with Crippen molar-refractivity contribution in [3.8, 4) is 0 Å². The number of hydrogen-bond donors (Lipinski definition) is 0. The third-order valence-electron chi connectivity index (χ3n) is 8.29. The number of epoxide rings is 1. The first kappa shape index (κ1) is 16.6. The molecule has 2 aliphatic carbocycles. The molecule has 0 aromatic rings. The Morgan fingerprint density at radius 2 is 2.00 bits per heavy atom. The van der Waals surface area contributed by atoms with Crippen molar-refractivity contribution in [3.05, 3.63) is 0 Å². The molecule has 3 heterocycles. The number of ether oxygens (including phenoxy) is 2. The van der Waals surface area contributed by atoms with Crippen LogP contribution in [0.1, 0.15) is 59.3 Å². The van der Waals surface area contributed by atoms with E-state index in [0.717, 1.165) is 44.8 Å². The summed E-state index contributed by atoms with van der Waals surface area (Å²) in [4.78, 5) is 15.5. The van der Waals surface area contributed by atoms with Crippen LogP contribution >= 0.6 is 0 Å². The van der Waals surface area contributed by atoms with Gasteiger partial charge in [0.05, 0.1) is 11.5 Å². The van der Waals surface area contributed by atoms with E-state index in [9.17, 15) is 4.79 Å². The summed E-state index contributed by atoms with van der Waals surface area (Å²) in [6, 6.07) is 0. The predicted octanol–water partition coefficient (Wildman–Crippen LogP) is 3.24. The van der Waals surface area contributed by atoms with Gasteiger partial charge in [0.15, 0.2) is 0 Å². The zero-order chi connectivity index (χ0) is 17.4. The quantitative estimate of drug-likeness (QED) is 0.568. The van der Waals surface area contributed by atoms with E-state index in [1.165, 1.54) is 19.3 Å². The molecule has 4 heteroatoms. The van der Waals surface area contributed by atoms with E-state index in [0.29, 0.717) is 17.8 Å². The van der Waals surface area contributed by atoms with Crippen LogP contribution in [0.4, 0.5) is 0 Å². The molecule has 0 N–H and O–H groups in total. The Hall–Kier alpha value is -0.610. The fourth-order valence-electron chi connectivity index (χ4n) is 6.99. The smallest absolute Gasteiger partial charge is 0.311 e. The molecule has 0 aromatic carbocycles. The van der Waals surface area contributed by atoms with Crippen molar-refractivity contribution in [1.82, 2.24) is 4.90 Å². The fourth-order valence-corrected chi connectivity index (χ4v) is 6.99. The van der Waals surface area contributed by atoms with Gasteiger partial charge in [0.2, 0.25) is 0 Å². The van der Waals surface area contributed by atoms with Crippen molar-refractivity contribution in [3.63, 3.8) is 0 Å². The molecule has 5 rings (SSSR count). The maximum atomic E-state index is 13.0. The molecule has 0 amide bonds. The highest BCUT2D eigenvalue weighted by molar-refractivity contribution is 5.77. The maximum Gasteiger partial charge on any atom is 0.311 e. The summed E-state index contributed by atoms with van der Waals surface area (Å²) in [6.45, 7) is 10.1. The van der Waals surface area contributed by atoms with Crippen LogP contribution in [0.5, 0.6) is 0 Å². The number of carbonyl (C=O) groups is 1. The van der Waals surface area contributed by atoms with Crippen molar-refractivity contribution in [2.75, 3.05) is 19.6 Å². The molecule has 1 spiro atoms. The molecule has 0 bridgehead atoms. The van der Waals surface area contributed by atoms with Gasteiger partial charge in [0, 0.05) is 24.9 Å². The van der Waals surface area contributed by atoms with E-state index < -0.39 is 0 Å². The van der Waals surface area contributed by atoms with Crippen LogP contribution < -0.4 is 0 Å². The fraction of sp³-hybridized carbons (Fsp3) is 0.952. The van der Waals surface area contributed by atoms with E-state index in [1.54, 1.807) is 0 Å². The Bertz CT molecular complexity index is 579. The molecule has 25 heavy (non-hydrogen) atoms. The molecule has 4 nitrogen and oxygen atoms in total. The van der Waals surface area contributed by atoms with Crippen LogP contribution in [-0.2, 0) is 14.3 Å². The third kappa shape index (κ3) is 2.29. The van der Waals surface area contributed by atoms with Gasteiger partial charge in [0.25, 0.3) is 0 Å². The molecule has 3 saturated heterocycles. The van der Waals surface area contributed by atoms with Gasteiger partial charge in [-0.05, 0) is 63.8 Å². The second kappa shape index (κ2) is 5.45. The molecule has 5 fully saturated rings. The highest BCUT2D eigenvalue weighted by atomic mass is 16.7. The highest BCUT2D eigenvalue weighted by Crippen LogP contribution is 2.66. The molecule has 8 atom stereocenters. The summed E-state index contributed by atoms with van der Waals surface area (Å²) in [5, 5.41) is 0. The Morgan fingerprint density at radius 1 is 1.16 bits per heavy atom. The van der Waals surface area contributed by atoms with E-state index in [4.69, 9.17) is 9.47 Å². The standard InChI is InChI=1S/C21H33NO3/c1-13-5-4-10-22(11-13)12-15-17-7-6-14(2)16-8-9-20(3)19(25-20)21(16,17)24-18(15)23/h13-17,19H,4-12H2,1-3H3. The van der Waals surface area contributed by atoms with Gasteiger partial charge in [-0.15, -0.1) is 0 Å². The minimum atomic E-state index is -0.312. The van der Waals surface area contributed by atoms with E-state index >= 15 is 0 Å². The Morgan fingerprint density at radius 3 is 2.80 bits per heavy atom. The third-order valence-corrected chi connectivity index (χ3v) is 8.29. The van der Waals surface area contributed by atoms with Gasteiger partial charge in [-0.1, -0.05) is 13.8 Å². The Kier molecular flexibility index (Phi) is 3.61. The summed E-state index contributed by atoms with van der Waals surface area (Å²) in [6.07, 6.45) is 7.41. The van der Waals surface area contributed by atoms with Crippen molar-refractivity contribution in [2.45, 2.75) is 76.6 Å². The summed E-state index contributed by atoms with van der Waals surface area (Å²) in [5.74, 6) is 2.40. The van der Waals surface area contributed by atoms with Crippen LogP contribution in [0, 0.1) is 29.6 Å². The first-order valence-electron chi connectivity index (χ1n) is 10.6. The topological polar surface area (TPSA) is 42.1 Å². The maximum absolute atomic E-state index is 13.0. The van der Waals surface area contributed by atoms with E-state index in [1.807, 2.05) is 0 Å². The minimum absolute atomic E-state index is 0.0272. The molecule has 2 saturated carbocycles. The largest absolute Gasteiger partial charge is 0.455 e. The van der Waals surface area contributed by atoms with Gasteiger partial charge in [-0.3, -0.25) is 4.79 Å². The average Bonchev–Trinajstić information content (AvgIpc) is 3.19. The number of fused-ring (bicyclic) bond motifs is 1. The molecule has 0 aromatic heterocycles. The summed E-state index contributed by atoms with van der Waals surface area (Å²) in [5.41, 5.74) is -0.339. The van der Waals surface area contributed by atoms with Crippen LogP contribution in [0.15, 0.2) is 0 Å². The predicted molar refractivity (Wildman–Crippen MR) is 95.0 cm³/mol. The molecule has 0 radical (unpaired) electrons. The first-order valence-corrected chi connectivity index (χ1v) is 10.6. The lowest BCUT2D eigenvalue weighted by molar-refractivity contribution is -0.168. The normalized spacial score (nSPS) is 55.1. The molecular weight excluding hydrogens is 314 g/mol. The lowest BCUT2D eigenvalue weighted by Gasteiger charge is -2.50. The molecule has 140 valence electrons. The lowest BCUT2D eigenvalue weighted by atomic mass is 9.55. The Labute approximate surface area is 151 Å². The van der Waals surface area contributed by atoms with Crippen molar-refractivity contribution in [1.29, 1.82) is 0 Å². The molecule has 8 unspecified atom stereocenters. The number of hydrogen-bond acceptors (Lipinski definition) is 4. The van der Waals surface area contributed by atoms with E-state index in [-0.39, 0.29) is 29.2 Å². The SMILES string of the molecule is CC1CCCN(CC2C(=O)OC34C(CCC5(C)OC53)C(C)CCC24)C1. The van der Waals surface area contributed by atoms with Gasteiger partial charge in [-0.25, -0.2) is 0 Å². The van der Waals surface area contributed by atoms with Crippen molar-refractivity contribution < 1.29 is 14.3 Å². The van der Waals surface area contributed by atoms with Crippen LogP contribution in [0.3, 0.4) is 0 Å². The van der Waals surface area contributed by atoms with Crippen LogP contribution in [0.25, 0.3) is 0 Å². The number of carbonyl (C=O) groups excluding carboxylic acids is 1.